The van der Waals surface area contributed by atoms with Crippen LogP contribution < -0.4 is 5.32 Å². The predicted molar refractivity (Wildman–Crippen MR) is 103 cm³/mol. The Balaban J connectivity index is 1.66. The van der Waals surface area contributed by atoms with Gasteiger partial charge in [-0.05, 0) is 25.9 Å². The minimum Gasteiger partial charge on any atom is -0.380 e. The summed E-state index contributed by atoms with van der Waals surface area (Å²) in [6, 6.07) is 0. The molecule has 1 heterocycles. The molecule has 1 rings (SSSR count). The van der Waals surface area contributed by atoms with Gasteiger partial charge < -0.3 is 14.8 Å². The summed E-state index contributed by atoms with van der Waals surface area (Å²) >= 11 is 0. The molecule has 1 fully saturated rings. The number of nitrogens with one attached hydrogen (secondary N) is 1. The second-order valence-electron chi connectivity index (χ2n) is 7.00. The van der Waals surface area contributed by atoms with Crippen molar-refractivity contribution in [3.63, 3.8) is 0 Å². The van der Waals surface area contributed by atoms with Gasteiger partial charge in [0.05, 0.1) is 19.8 Å². The van der Waals surface area contributed by atoms with Crippen molar-refractivity contribution in [1.29, 1.82) is 0 Å². The van der Waals surface area contributed by atoms with Gasteiger partial charge in [0.1, 0.15) is 0 Å². The van der Waals surface area contributed by atoms with Crippen LogP contribution in [0.25, 0.3) is 0 Å². The molecule has 0 bridgehead atoms. The molecule has 0 radical (unpaired) electrons. The van der Waals surface area contributed by atoms with E-state index in [1.165, 1.54) is 70.8 Å². The maximum Gasteiger partial charge on any atom is 0.0594 e. The van der Waals surface area contributed by atoms with E-state index in [2.05, 4.69) is 17.1 Å². The number of ether oxygens (including phenoxy) is 2. The second kappa shape index (κ2) is 17.7. The number of rotatable bonds is 17. The molecule has 0 aromatic carbocycles. The van der Waals surface area contributed by atoms with Crippen molar-refractivity contribution in [2.45, 2.75) is 71.1 Å². The minimum absolute atomic E-state index is 0.856. The summed E-state index contributed by atoms with van der Waals surface area (Å²) in [5, 5.41) is 3.48. The fourth-order valence-electron chi connectivity index (χ4n) is 3.14. The lowest BCUT2D eigenvalue weighted by molar-refractivity contribution is 0.0374. The van der Waals surface area contributed by atoms with Gasteiger partial charge in [0.15, 0.2) is 0 Å². The molecule has 0 saturated carbocycles. The highest BCUT2D eigenvalue weighted by molar-refractivity contribution is 4.62. The van der Waals surface area contributed by atoms with E-state index in [1.54, 1.807) is 0 Å². The molecule has 24 heavy (non-hydrogen) atoms. The summed E-state index contributed by atoms with van der Waals surface area (Å²) in [4.78, 5) is 2.49. The van der Waals surface area contributed by atoms with Gasteiger partial charge in [0.25, 0.3) is 0 Å². The van der Waals surface area contributed by atoms with Crippen LogP contribution in [-0.4, -0.2) is 64.1 Å². The molecule has 1 aliphatic rings. The average molecular weight is 343 g/mol. The third kappa shape index (κ3) is 14.2. The molecule has 0 atom stereocenters. The zero-order chi connectivity index (χ0) is 17.1. The predicted octanol–water partition coefficient (Wildman–Crippen LogP) is 3.85. The largest absolute Gasteiger partial charge is 0.380 e. The van der Waals surface area contributed by atoms with Crippen LogP contribution in [0, 0.1) is 0 Å². The number of nitrogens with zero attached hydrogens (tertiary/aromatic N) is 1. The Labute approximate surface area is 150 Å². The highest BCUT2D eigenvalue weighted by Gasteiger charge is 2.08. The molecule has 0 spiro atoms. The first-order chi connectivity index (χ1) is 11.9. The number of morpholine rings is 1. The van der Waals surface area contributed by atoms with Crippen LogP contribution in [0.1, 0.15) is 71.1 Å². The Kier molecular flexibility index (Phi) is 16.1. The van der Waals surface area contributed by atoms with E-state index in [1.807, 2.05) is 0 Å². The van der Waals surface area contributed by atoms with E-state index in [-0.39, 0.29) is 0 Å². The van der Waals surface area contributed by atoms with Crippen LogP contribution in [0.15, 0.2) is 0 Å². The van der Waals surface area contributed by atoms with Gasteiger partial charge in [-0.25, -0.2) is 0 Å². The molecule has 0 amide bonds. The van der Waals surface area contributed by atoms with E-state index in [4.69, 9.17) is 9.47 Å². The Morgan fingerprint density at radius 2 is 1.46 bits per heavy atom. The fourth-order valence-corrected chi connectivity index (χ4v) is 3.14. The lowest BCUT2D eigenvalue weighted by atomic mass is 10.1. The molecule has 4 heteroatoms. The maximum absolute atomic E-state index is 5.70. The zero-order valence-corrected chi connectivity index (χ0v) is 16.2. The molecule has 1 N–H and O–H groups in total. The van der Waals surface area contributed by atoms with Crippen molar-refractivity contribution in [2.75, 3.05) is 59.2 Å². The van der Waals surface area contributed by atoms with Gasteiger partial charge in [-0.2, -0.15) is 0 Å². The molecule has 4 nitrogen and oxygen atoms in total. The summed E-state index contributed by atoms with van der Waals surface area (Å²) in [6.07, 6.45) is 13.6. The van der Waals surface area contributed by atoms with Crippen LogP contribution >= 0.6 is 0 Å². The fraction of sp³-hybridized carbons (Fsp3) is 1.00. The van der Waals surface area contributed by atoms with Gasteiger partial charge in [-0.1, -0.05) is 58.3 Å². The van der Waals surface area contributed by atoms with Crippen LogP contribution in [0.3, 0.4) is 0 Å². The van der Waals surface area contributed by atoms with Crippen molar-refractivity contribution >= 4 is 0 Å². The first-order valence-corrected chi connectivity index (χ1v) is 10.5. The second-order valence-corrected chi connectivity index (χ2v) is 7.00. The van der Waals surface area contributed by atoms with Crippen molar-refractivity contribution in [3.05, 3.63) is 0 Å². The summed E-state index contributed by atoms with van der Waals surface area (Å²) in [6.45, 7) is 11.3. The smallest absolute Gasteiger partial charge is 0.0594 e. The molecule has 0 aromatic rings. The van der Waals surface area contributed by atoms with Crippen LogP contribution in [0.2, 0.25) is 0 Å². The normalized spacial score (nSPS) is 15.9. The molecule has 0 aromatic heterocycles. The SMILES string of the molecule is CCCCCCCCCCCOCCNCCCN1CCOCC1. The Bertz CT molecular complexity index is 246. The number of unbranched alkanes of at least 4 members (excludes halogenated alkanes) is 8. The van der Waals surface area contributed by atoms with Crippen LogP contribution in [-0.2, 0) is 9.47 Å². The highest BCUT2D eigenvalue weighted by Crippen LogP contribution is 2.09. The molecule has 0 unspecified atom stereocenters. The summed E-state index contributed by atoms with van der Waals surface area (Å²) < 4.78 is 11.1. The van der Waals surface area contributed by atoms with Crippen molar-refractivity contribution in [1.82, 2.24) is 10.2 Å². The Morgan fingerprint density at radius 1 is 0.792 bits per heavy atom. The van der Waals surface area contributed by atoms with E-state index in [9.17, 15) is 0 Å². The van der Waals surface area contributed by atoms with E-state index in [0.29, 0.717) is 0 Å². The van der Waals surface area contributed by atoms with Gasteiger partial charge in [0.2, 0.25) is 0 Å². The lowest BCUT2D eigenvalue weighted by Gasteiger charge is -2.26. The molecule has 1 saturated heterocycles. The zero-order valence-electron chi connectivity index (χ0n) is 16.2. The third-order valence-corrected chi connectivity index (χ3v) is 4.75. The monoisotopic (exact) mass is 342 g/mol. The van der Waals surface area contributed by atoms with Gasteiger partial charge in [-0.15, -0.1) is 0 Å². The quantitative estimate of drug-likeness (QED) is 0.407. The topological polar surface area (TPSA) is 33.7 Å². The number of hydrogen-bond acceptors (Lipinski definition) is 4. The highest BCUT2D eigenvalue weighted by atomic mass is 16.5. The van der Waals surface area contributed by atoms with Crippen LogP contribution in [0.5, 0.6) is 0 Å². The third-order valence-electron chi connectivity index (χ3n) is 4.75. The maximum atomic E-state index is 5.70. The number of hydrogen-bond donors (Lipinski definition) is 1. The Morgan fingerprint density at radius 3 is 2.17 bits per heavy atom. The van der Waals surface area contributed by atoms with Gasteiger partial charge in [0, 0.05) is 26.2 Å². The summed E-state index contributed by atoms with van der Waals surface area (Å²) in [5.74, 6) is 0. The van der Waals surface area contributed by atoms with Gasteiger partial charge >= 0.3 is 0 Å². The first-order valence-electron chi connectivity index (χ1n) is 10.5. The first kappa shape index (κ1) is 21.9. The van der Waals surface area contributed by atoms with E-state index < -0.39 is 0 Å². The van der Waals surface area contributed by atoms with Crippen molar-refractivity contribution in [3.8, 4) is 0 Å². The standard InChI is InChI=1S/C20H42N2O2/c1-2-3-4-5-6-7-8-9-10-17-23-18-13-21-12-11-14-22-15-19-24-20-16-22/h21H,2-20H2,1H3. The average Bonchev–Trinajstić information content (AvgIpc) is 2.62. The molecular formula is C20H42N2O2. The van der Waals surface area contributed by atoms with Crippen LogP contribution in [0.4, 0.5) is 0 Å². The summed E-state index contributed by atoms with van der Waals surface area (Å²) in [5.41, 5.74) is 0. The molecule has 144 valence electrons. The minimum atomic E-state index is 0.856. The van der Waals surface area contributed by atoms with Crippen molar-refractivity contribution < 1.29 is 9.47 Å². The Hall–Kier alpha value is -0.160. The van der Waals surface area contributed by atoms with E-state index >= 15 is 0 Å². The lowest BCUT2D eigenvalue weighted by Crippen LogP contribution is -2.37. The van der Waals surface area contributed by atoms with E-state index in [0.717, 1.165) is 52.6 Å². The molecule has 1 aliphatic heterocycles. The molecular weight excluding hydrogens is 300 g/mol. The van der Waals surface area contributed by atoms with Crippen molar-refractivity contribution in [2.24, 2.45) is 0 Å². The summed E-state index contributed by atoms with van der Waals surface area (Å²) in [7, 11) is 0. The molecule has 0 aliphatic carbocycles. The van der Waals surface area contributed by atoms with Gasteiger partial charge in [-0.3, -0.25) is 4.90 Å².